The molecule has 0 heterocycles. The number of aromatic hydroxyl groups is 1. The van der Waals surface area contributed by atoms with E-state index in [-0.39, 0.29) is 17.2 Å². The van der Waals surface area contributed by atoms with Gasteiger partial charge >= 0.3 is 5.97 Å². The molecule has 0 aromatic heterocycles. The summed E-state index contributed by atoms with van der Waals surface area (Å²) in [6.45, 7) is 3.73. The molecule has 3 N–H and O–H groups in total. The molecule has 6 heteroatoms. The van der Waals surface area contributed by atoms with Crippen LogP contribution in [0.4, 0.5) is 0 Å². The predicted molar refractivity (Wildman–Crippen MR) is 71.5 cm³/mol. The summed E-state index contributed by atoms with van der Waals surface area (Å²) in [5, 5.41) is 21.3. The summed E-state index contributed by atoms with van der Waals surface area (Å²) in [6, 6.07) is 3.05. The average Bonchev–Trinajstić information content (AvgIpc) is 2.26. The van der Waals surface area contributed by atoms with E-state index in [4.69, 9.17) is 16.7 Å². The van der Waals surface area contributed by atoms with Gasteiger partial charge in [-0.15, -0.1) is 0 Å². The molecule has 0 unspecified atom stereocenters. The summed E-state index contributed by atoms with van der Waals surface area (Å²) < 4.78 is 0. The van der Waals surface area contributed by atoms with Crippen LogP contribution in [0.5, 0.6) is 5.75 Å². The van der Waals surface area contributed by atoms with Crippen molar-refractivity contribution in [3.63, 3.8) is 0 Å². The standard InChI is InChI=1S/C13H16ClNO4/c1-7(2)5-10(13(18)19)15-12(17)9-4-3-8(14)6-11(9)16/h3-4,6-7,10,16H,5H2,1-2H3,(H,15,17)(H,18,19)/t10-/m0/s1. The fourth-order valence-corrected chi connectivity index (χ4v) is 1.79. The third kappa shape index (κ3) is 4.44. The number of carboxylic acids is 1. The second-order valence-corrected chi connectivity index (χ2v) is 5.09. The molecule has 1 atom stereocenters. The summed E-state index contributed by atoms with van der Waals surface area (Å²) in [4.78, 5) is 22.9. The number of benzene rings is 1. The number of phenolic OH excluding ortho intramolecular Hbond substituents is 1. The van der Waals surface area contributed by atoms with E-state index < -0.39 is 17.9 Å². The Bertz CT molecular complexity index is 488. The molecule has 0 radical (unpaired) electrons. The van der Waals surface area contributed by atoms with E-state index >= 15 is 0 Å². The first kappa shape index (κ1) is 15.3. The van der Waals surface area contributed by atoms with Crippen LogP contribution in [0.1, 0.15) is 30.6 Å². The molecule has 0 spiro atoms. The van der Waals surface area contributed by atoms with E-state index in [0.717, 1.165) is 0 Å². The Hall–Kier alpha value is -1.75. The fraction of sp³-hybridized carbons (Fsp3) is 0.385. The maximum absolute atomic E-state index is 11.9. The van der Waals surface area contributed by atoms with Crippen LogP contribution in [0.25, 0.3) is 0 Å². The first-order valence-corrected chi connectivity index (χ1v) is 6.21. The van der Waals surface area contributed by atoms with Crippen molar-refractivity contribution in [1.82, 2.24) is 5.32 Å². The molecule has 0 saturated heterocycles. The van der Waals surface area contributed by atoms with Gasteiger partial charge in [0.15, 0.2) is 0 Å². The number of phenols is 1. The SMILES string of the molecule is CC(C)C[C@H](NC(=O)c1ccc(Cl)cc1O)C(=O)O. The Labute approximate surface area is 116 Å². The van der Waals surface area contributed by atoms with Gasteiger partial charge in [-0.25, -0.2) is 4.79 Å². The fourth-order valence-electron chi connectivity index (χ4n) is 1.63. The molecule has 5 nitrogen and oxygen atoms in total. The van der Waals surface area contributed by atoms with Crippen molar-refractivity contribution in [1.29, 1.82) is 0 Å². The zero-order valence-corrected chi connectivity index (χ0v) is 11.4. The van der Waals surface area contributed by atoms with E-state index in [1.54, 1.807) is 0 Å². The number of hydrogen-bond acceptors (Lipinski definition) is 3. The molecule has 0 aliphatic rings. The van der Waals surface area contributed by atoms with Crippen LogP contribution in [0, 0.1) is 5.92 Å². The minimum Gasteiger partial charge on any atom is -0.507 e. The van der Waals surface area contributed by atoms with Crippen LogP contribution in [0.3, 0.4) is 0 Å². The number of amides is 1. The number of carboxylic acid groups (broad SMARTS) is 1. The van der Waals surface area contributed by atoms with Gasteiger partial charge < -0.3 is 15.5 Å². The molecular weight excluding hydrogens is 270 g/mol. The van der Waals surface area contributed by atoms with Gasteiger partial charge in [0.2, 0.25) is 0 Å². The van der Waals surface area contributed by atoms with Gasteiger partial charge in [-0.3, -0.25) is 4.79 Å². The van der Waals surface area contributed by atoms with Crippen LogP contribution in [-0.2, 0) is 4.79 Å². The molecule has 0 saturated carbocycles. The normalized spacial score (nSPS) is 12.2. The Balaban J connectivity index is 2.84. The average molecular weight is 286 g/mol. The Morgan fingerprint density at radius 1 is 1.37 bits per heavy atom. The van der Waals surface area contributed by atoms with Gasteiger partial charge in [0.25, 0.3) is 5.91 Å². The Morgan fingerprint density at radius 2 is 2.00 bits per heavy atom. The third-order valence-corrected chi connectivity index (χ3v) is 2.75. The van der Waals surface area contributed by atoms with Gasteiger partial charge in [0, 0.05) is 5.02 Å². The lowest BCUT2D eigenvalue weighted by atomic mass is 10.0. The molecular formula is C13H16ClNO4. The van der Waals surface area contributed by atoms with Crippen LogP contribution >= 0.6 is 11.6 Å². The largest absolute Gasteiger partial charge is 0.507 e. The van der Waals surface area contributed by atoms with Crippen LogP contribution in [0.2, 0.25) is 5.02 Å². The number of nitrogens with one attached hydrogen (secondary N) is 1. The summed E-state index contributed by atoms with van der Waals surface area (Å²) in [7, 11) is 0. The van der Waals surface area contributed by atoms with Crippen molar-refractivity contribution in [3.05, 3.63) is 28.8 Å². The first-order chi connectivity index (χ1) is 8.81. The maximum atomic E-state index is 11.9. The number of hydrogen-bond donors (Lipinski definition) is 3. The highest BCUT2D eigenvalue weighted by molar-refractivity contribution is 6.30. The molecule has 0 bridgehead atoms. The number of rotatable bonds is 5. The Morgan fingerprint density at radius 3 is 2.47 bits per heavy atom. The molecule has 1 rings (SSSR count). The van der Waals surface area contributed by atoms with E-state index in [1.807, 2.05) is 13.8 Å². The molecule has 0 aliphatic heterocycles. The summed E-state index contributed by atoms with van der Waals surface area (Å²) >= 11 is 5.66. The lowest BCUT2D eigenvalue weighted by molar-refractivity contribution is -0.139. The number of halogens is 1. The summed E-state index contributed by atoms with van der Waals surface area (Å²) in [6.07, 6.45) is 0.315. The number of carbonyl (C=O) groups excluding carboxylic acids is 1. The van der Waals surface area contributed by atoms with E-state index in [0.29, 0.717) is 11.4 Å². The minimum atomic E-state index is -1.10. The first-order valence-electron chi connectivity index (χ1n) is 5.83. The monoisotopic (exact) mass is 285 g/mol. The van der Waals surface area contributed by atoms with Crippen molar-refractivity contribution in [3.8, 4) is 5.75 Å². The lowest BCUT2D eigenvalue weighted by Crippen LogP contribution is -2.41. The number of aliphatic carboxylic acids is 1. The summed E-state index contributed by atoms with van der Waals surface area (Å²) in [5.74, 6) is -1.89. The molecule has 1 aromatic carbocycles. The van der Waals surface area contributed by atoms with Crippen molar-refractivity contribution >= 4 is 23.5 Å². The van der Waals surface area contributed by atoms with Gasteiger partial charge in [-0.2, -0.15) is 0 Å². The lowest BCUT2D eigenvalue weighted by Gasteiger charge is -2.16. The molecule has 0 fully saturated rings. The Kier molecular flexibility index (Phi) is 5.18. The van der Waals surface area contributed by atoms with Crippen molar-refractivity contribution < 1.29 is 19.8 Å². The second-order valence-electron chi connectivity index (χ2n) is 4.66. The van der Waals surface area contributed by atoms with Crippen molar-refractivity contribution in [2.45, 2.75) is 26.3 Å². The van der Waals surface area contributed by atoms with Gasteiger partial charge in [-0.1, -0.05) is 25.4 Å². The third-order valence-electron chi connectivity index (χ3n) is 2.51. The van der Waals surface area contributed by atoms with Crippen molar-refractivity contribution in [2.75, 3.05) is 0 Å². The minimum absolute atomic E-state index is 0.000550. The highest BCUT2D eigenvalue weighted by Gasteiger charge is 2.22. The number of carbonyl (C=O) groups is 2. The van der Waals surface area contributed by atoms with E-state index in [1.165, 1.54) is 18.2 Å². The maximum Gasteiger partial charge on any atom is 0.326 e. The van der Waals surface area contributed by atoms with Gasteiger partial charge in [-0.05, 0) is 30.5 Å². The molecule has 19 heavy (non-hydrogen) atoms. The quantitative estimate of drug-likeness (QED) is 0.774. The zero-order chi connectivity index (χ0) is 14.6. The van der Waals surface area contributed by atoms with Crippen molar-refractivity contribution in [2.24, 2.45) is 5.92 Å². The second kappa shape index (κ2) is 6.43. The molecule has 1 amide bonds. The molecule has 104 valence electrons. The molecule has 1 aromatic rings. The van der Waals surface area contributed by atoms with Crippen LogP contribution in [0.15, 0.2) is 18.2 Å². The van der Waals surface area contributed by atoms with Gasteiger partial charge in [0.05, 0.1) is 5.56 Å². The van der Waals surface area contributed by atoms with E-state index in [2.05, 4.69) is 5.32 Å². The summed E-state index contributed by atoms with van der Waals surface area (Å²) in [5.41, 5.74) is -0.000550. The van der Waals surface area contributed by atoms with Gasteiger partial charge in [0.1, 0.15) is 11.8 Å². The topological polar surface area (TPSA) is 86.6 Å². The highest BCUT2D eigenvalue weighted by atomic mass is 35.5. The van der Waals surface area contributed by atoms with Crippen LogP contribution < -0.4 is 5.32 Å². The molecule has 0 aliphatic carbocycles. The van der Waals surface area contributed by atoms with Crippen LogP contribution in [-0.4, -0.2) is 28.1 Å². The zero-order valence-electron chi connectivity index (χ0n) is 10.7. The van der Waals surface area contributed by atoms with E-state index in [9.17, 15) is 14.7 Å². The smallest absolute Gasteiger partial charge is 0.326 e. The predicted octanol–water partition coefficient (Wildman–Crippen LogP) is 2.27. The highest BCUT2D eigenvalue weighted by Crippen LogP contribution is 2.22.